The van der Waals surface area contributed by atoms with Crippen LogP contribution in [0.3, 0.4) is 0 Å². The first-order valence-corrected chi connectivity index (χ1v) is 16.5. The Morgan fingerprint density at radius 1 is 1.02 bits per heavy atom. The second-order valence-electron chi connectivity index (χ2n) is 15.6. The van der Waals surface area contributed by atoms with Crippen molar-refractivity contribution in [3.05, 3.63) is 63.3 Å². The first-order chi connectivity index (χ1) is 21.5. The number of fused-ring (bicyclic) bond motifs is 4. The molecular formula is C38H44O8. The molecule has 0 amide bonds. The van der Waals surface area contributed by atoms with E-state index in [1.807, 2.05) is 27.7 Å². The molecule has 1 saturated heterocycles. The Labute approximate surface area is 270 Å². The summed E-state index contributed by atoms with van der Waals surface area (Å²) in [6.45, 7) is 15.6. The Morgan fingerprint density at radius 2 is 1.74 bits per heavy atom. The quantitative estimate of drug-likeness (QED) is 0.266. The number of aromatic hydroxyl groups is 1. The molecule has 0 unspecified atom stereocenters. The fraction of sp³-hybridized carbons (Fsp3) is 0.553. The van der Waals surface area contributed by atoms with E-state index in [1.165, 1.54) is 18.6 Å². The molecule has 46 heavy (non-hydrogen) atoms. The maximum atomic E-state index is 15.0. The van der Waals surface area contributed by atoms with Gasteiger partial charge in [-0.1, -0.05) is 35.5 Å². The lowest BCUT2D eigenvalue weighted by atomic mass is 9.51. The molecule has 1 saturated carbocycles. The van der Waals surface area contributed by atoms with Crippen LogP contribution < -0.4 is 9.47 Å². The van der Waals surface area contributed by atoms with E-state index in [9.17, 15) is 24.6 Å². The average molecular weight is 629 g/mol. The summed E-state index contributed by atoms with van der Waals surface area (Å²) in [5.41, 5.74) is -0.435. The smallest absolute Gasteiger partial charge is 0.330 e. The molecule has 8 heteroatoms. The molecule has 7 aliphatic rings. The number of hydrogen-bond acceptors (Lipinski definition) is 7. The number of phenols is 1. The predicted molar refractivity (Wildman–Crippen MR) is 171 cm³/mol. The van der Waals surface area contributed by atoms with Crippen LogP contribution in [0, 0.1) is 17.8 Å². The van der Waals surface area contributed by atoms with Gasteiger partial charge in [0.1, 0.15) is 28.4 Å². The largest absolute Gasteiger partial charge is 0.507 e. The third-order valence-corrected chi connectivity index (χ3v) is 11.7. The second kappa shape index (κ2) is 9.69. The number of hydrogen-bond donors (Lipinski definition) is 2. The van der Waals surface area contributed by atoms with Crippen molar-refractivity contribution in [2.75, 3.05) is 0 Å². The Bertz CT molecular complexity index is 1750. The van der Waals surface area contributed by atoms with E-state index in [4.69, 9.17) is 14.2 Å². The van der Waals surface area contributed by atoms with E-state index in [1.54, 1.807) is 6.08 Å². The molecule has 2 fully saturated rings. The van der Waals surface area contributed by atoms with Crippen molar-refractivity contribution in [3.8, 4) is 17.2 Å². The minimum atomic E-state index is -1.62. The van der Waals surface area contributed by atoms with Crippen LogP contribution in [0.25, 0.3) is 0 Å². The van der Waals surface area contributed by atoms with E-state index in [0.717, 1.165) is 18.4 Å². The van der Waals surface area contributed by atoms with Crippen molar-refractivity contribution in [1.82, 2.24) is 0 Å². The number of aliphatic carboxylic acids is 1. The van der Waals surface area contributed by atoms with Gasteiger partial charge in [0.15, 0.2) is 22.8 Å². The molecule has 0 aromatic heterocycles. The number of carboxylic acids is 1. The highest BCUT2D eigenvalue weighted by Gasteiger charge is 2.81. The third-order valence-electron chi connectivity index (χ3n) is 11.7. The molecule has 6 atom stereocenters. The van der Waals surface area contributed by atoms with Crippen LogP contribution in [0.5, 0.6) is 17.2 Å². The number of ketones is 2. The van der Waals surface area contributed by atoms with E-state index in [0.29, 0.717) is 35.3 Å². The van der Waals surface area contributed by atoms with Crippen LogP contribution in [-0.2, 0) is 20.7 Å². The number of benzene rings is 1. The summed E-state index contributed by atoms with van der Waals surface area (Å²) in [6.07, 6.45) is 10.1. The highest BCUT2D eigenvalue weighted by molar-refractivity contribution is 6.18. The van der Waals surface area contributed by atoms with Crippen molar-refractivity contribution in [1.29, 1.82) is 0 Å². The van der Waals surface area contributed by atoms with Crippen LogP contribution >= 0.6 is 0 Å². The zero-order valence-corrected chi connectivity index (χ0v) is 28.0. The van der Waals surface area contributed by atoms with Crippen molar-refractivity contribution >= 4 is 17.5 Å². The molecule has 1 aromatic rings. The van der Waals surface area contributed by atoms with Crippen LogP contribution in [-0.4, -0.2) is 50.2 Å². The van der Waals surface area contributed by atoms with Gasteiger partial charge < -0.3 is 24.4 Å². The summed E-state index contributed by atoms with van der Waals surface area (Å²) in [4.78, 5) is 41.1. The molecule has 8 nitrogen and oxygen atoms in total. The highest BCUT2D eigenvalue weighted by Crippen LogP contribution is 2.69. The van der Waals surface area contributed by atoms with Gasteiger partial charge in [0.2, 0.25) is 0 Å². The topological polar surface area (TPSA) is 119 Å². The SMILES string of the molecule is CC(C)=CCc1c2c(c(O)c3c1OC(C)(C)[C@H]1CCC(C)=C[C@@H]31)C(=O)C1=C[C@@H]3C[C@H]4C(C)(C)O[C@@](CC=C(C)C(=O)O)(C3=O)[C@@]14O2. The van der Waals surface area contributed by atoms with E-state index in [-0.39, 0.29) is 58.4 Å². The van der Waals surface area contributed by atoms with Crippen molar-refractivity contribution in [2.45, 2.75) is 116 Å². The fourth-order valence-electron chi connectivity index (χ4n) is 9.49. The summed E-state index contributed by atoms with van der Waals surface area (Å²) >= 11 is 0. The minimum Gasteiger partial charge on any atom is -0.507 e. The molecule has 3 heterocycles. The molecule has 2 N–H and O–H groups in total. The van der Waals surface area contributed by atoms with Gasteiger partial charge in [0.05, 0.1) is 5.60 Å². The normalized spacial score (nSPS) is 34.2. The van der Waals surface area contributed by atoms with Gasteiger partial charge in [0, 0.05) is 52.4 Å². The zero-order chi connectivity index (χ0) is 33.3. The minimum absolute atomic E-state index is 0.0576. The lowest BCUT2D eigenvalue weighted by Gasteiger charge is -2.56. The summed E-state index contributed by atoms with van der Waals surface area (Å²) in [7, 11) is 0. The van der Waals surface area contributed by atoms with Gasteiger partial charge in [-0.3, -0.25) is 9.59 Å². The Kier molecular flexibility index (Phi) is 6.53. The van der Waals surface area contributed by atoms with Gasteiger partial charge in [0.25, 0.3) is 0 Å². The standard InChI is InChI=1S/C38H44O8/c1-18(2)9-11-22-31-27(23-15-19(3)10-12-24(23)35(5,6)44-31)30(40)28-29(39)25-16-21-17-26-36(7,8)46-37(33(21)41,14-13-20(4)34(42)43)38(25,26)45-32(22)28/h9,13,15-16,21,23-24,26,40H,10-12,14,17H2,1-8H3,(H,42,43)/t21-,23-,24+,26+,37+,38-/m1/s1. The number of rotatable bonds is 5. The second-order valence-corrected chi connectivity index (χ2v) is 15.6. The van der Waals surface area contributed by atoms with Crippen molar-refractivity contribution in [2.24, 2.45) is 17.8 Å². The summed E-state index contributed by atoms with van der Waals surface area (Å²) < 4.78 is 20.8. The Balaban J connectivity index is 1.53. The first-order valence-electron chi connectivity index (χ1n) is 16.5. The molecule has 0 radical (unpaired) electrons. The molecule has 1 spiro atoms. The van der Waals surface area contributed by atoms with E-state index >= 15 is 0 Å². The van der Waals surface area contributed by atoms with Crippen LogP contribution in [0.1, 0.15) is 108 Å². The van der Waals surface area contributed by atoms with Crippen molar-refractivity contribution in [3.63, 3.8) is 0 Å². The van der Waals surface area contributed by atoms with Gasteiger partial charge in [-0.2, -0.15) is 0 Å². The fourth-order valence-corrected chi connectivity index (χ4v) is 9.49. The maximum absolute atomic E-state index is 15.0. The lowest BCUT2D eigenvalue weighted by Crippen LogP contribution is -2.72. The number of ether oxygens (including phenoxy) is 3. The molecule has 3 aliphatic heterocycles. The summed E-state index contributed by atoms with van der Waals surface area (Å²) in [6, 6.07) is 0. The van der Waals surface area contributed by atoms with Crippen LogP contribution in [0.15, 0.2) is 46.6 Å². The number of carboxylic acid groups (broad SMARTS) is 1. The van der Waals surface area contributed by atoms with E-state index < -0.39 is 34.3 Å². The van der Waals surface area contributed by atoms with E-state index in [2.05, 4.69) is 32.9 Å². The molecule has 1 aromatic carbocycles. The first kappa shape index (κ1) is 31.0. The Hall–Kier alpha value is -3.65. The van der Waals surface area contributed by atoms with Gasteiger partial charge in [-0.05, 0) is 81.1 Å². The molecule has 8 rings (SSSR count). The number of carbonyl (C=O) groups is 3. The molecule has 244 valence electrons. The highest BCUT2D eigenvalue weighted by atomic mass is 16.6. The molecule has 4 bridgehead atoms. The molecular weight excluding hydrogens is 584 g/mol. The zero-order valence-electron chi connectivity index (χ0n) is 28.0. The monoisotopic (exact) mass is 628 g/mol. The number of carbonyl (C=O) groups excluding carboxylic acids is 2. The van der Waals surface area contributed by atoms with Crippen LogP contribution in [0.4, 0.5) is 0 Å². The summed E-state index contributed by atoms with van der Waals surface area (Å²) in [5.74, 6) is -2.04. The Morgan fingerprint density at radius 3 is 2.41 bits per heavy atom. The third kappa shape index (κ3) is 3.85. The molecule has 4 aliphatic carbocycles. The van der Waals surface area contributed by atoms with Gasteiger partial charge in [-0.15, -0.1) is 0 Å². The summed E-state index contributed by atoms with van der Waals surface area (Å²) in [5, 5.41) is 21.8. The lowest BCUT2D eigenvalue weighted by molar-refractivity contribution is -0.171. The number of phenolic OH excluding ortho intramolecular Hbond substituents is 1. The average Bonchev–Trinajstić information content (AvgIpc) is 3.11. The van der Waals surface area contributed by atoms with Crippen molar-refractivity contribution < 1.29 is 38.8 Å². The van der Waals surface area contributed by atoms with Gasteiger partial charge in [-0.25, -0.2) is 4.79 Å². The maximum Gasteiger partial charge on any atom is 0.330 e. The number of allylic oxidation sites excluding steroid dienone is 5. The van der Waals surface area contributed by atoms with Gasteiger partial charge >= 0.3 is 5.97 Å². The van der Waals surface area contributed by atoms with Crippen LogP contribution in [0.2, 0.25) is 0 Å². The predicted octanol–water partition coefficient (Wildman–Crippen LogP) is 6.94. The number of Topliss-reactive ketones (excluding diaryl/α,β-unsaturated/α-hetero) is 2.